The summed E-state index contributed by atoms with van der Waals surface area (Å²) in [5, 5.41) is 0. The fraction of sp³-hybridized carbons (Fsp3) is 0.439. The SMILES string of the molecule is C.C.C.CCC.CCC.CCC.c1ccc(CCc2cc(CCc3ccccc3)nc(CCc3ccccc3)c2)cc1. The van der Waals surface area contributed by atoms with Gasteiger partial charge in [-0.15, -0.1) is 0 Å². The van der Waals surface area contributed by atoms with Gasteiger partial charge in [0.2, 0.25) is 0 Å². The molecule has 42 heavy (non-hydrogen) atoms. The van der Waals surface area contributed by atoms with Crippen LogP contribution in [0.15, 0.2) is 103 Å². The van der Waals surface area contributed by atoms with Crippen molar-refractivity contribution in [2.75, 3.05) is 0 Å². The lowest BCUT2D eigenvalue weighted by atomic mass is 10.00. The highest BCUT2D eigenvalue weighted by Gasteiger charge is 2.06. The summed E-state index contributed by atoms with van der Waals surface area (Å²) in [5.41, 5.74) is 7.98. The third-order valence-electron chi connectivity index (χ3n) is 5.56. The molecule has 0 aliphatic rings. The molecule has 1 heteroatoms. The first-order valence-electron chi connectivity index (χ1n) is 15.2. The second-order valence-electron chi connectivity index (χ2n) is 10.0. The number of hydrogen-bond acceptors (Lipinski definition) is 1. The van der Waals surface area contributed by atoms with Crippen LogP contribution in [0.3, 0.4) is 0 Å². The summed E-state index contributed by atoms with van der Waals surface area (Å²) in [6, 6.07) is 36.8. The van der Waals surface area contributed by atoms with Crippen molar-refractivity contribution in [1.82, 2.24) is 4.98 Å². The number of benzene rings is 3. The normalized spacial score (nSPS) is 9.00. The molecule has 4 rings (SSSR count). The number of aromatic nitrogens is 1. The predicted molar refractivity (Wildman–Crippen MR) is 194 cm³/mol. The molecule has 0 atom stereocenters. The Morgan fingerprint density at radius 3 is 0.881 bits per heavy atom. The zero-order valence-electron chi connectivity index (χ0n) is 25.6. The van der Waals surface area contributed by atoms with E-state index < -0.39 is 0 Å². The number of hydrogen-bond donors (Lipinski definition) is 0. The molecular formula is C41H65N. The minimum Gasteiger partial charge on any atom is -0.258 e. The van der Waals surface area contributed by atoms with Crippen LogP contribution in [0.25, 0.3) is 0 Å². The van der Waals surface area contributed by atoms with Crippen LogP contribution in [0.4, 0.5) is 0 Å². The van der Waals surface area contributed by atoms with Crippen LogP contribution in [0, 0.1) is 0 Å². The Hall–Kier alpha value is -3.19. The number of pyridine rings is 1. The van der Waals surface area contributed by atoms with Gasteiger partial charge in [0.1, 0.15) is 0 Å². The summed E-state index contributed by atoms with van der Waals surface area (Å²) in [5.74, 6) is 0. The van der Waals surface area contributed by atoms with E-state index in [2.05, 4.69) is 145 Å². The average Bonchev–Trinajstić information content (AvgIpc) is 2.97. The molecule has 0 spiro atoms. The van der Waals surface area contributed by atoms with Gasteiger partial charge in [-0.1, -0.05) is 174 Å². The van der Waals surface area contributed by atoms with Crippen molar-refractivity contribution in [3.63, 3.8) is 0 Å². The van der Waals surface area contributed by atoms with E-state index in [9.17, 15) is 0 Å². The van der Waals surface area contributed by atoms with Crippen molar-refractivity contribution in [3.8, 4) is 0 Å². The van der Waals surface area contributed by atoms with Gasteiger partial charge in [-0.05, 0) is 72.9 Å². The molecule has 0 fully saturated rings. The summed E-state index contributed by atoms with van der Waals surface area (Å²) in [4.78, 5) is 5.02. The van der Waals surface area contributed by atoms with Gasteiger partial charge in [0.15, 0.2) is 0 Å². The maximum absolute atomic E-state index is 5.02. The molecule has 1 nitrogen and oxygen atoms in total. The molecule has 0 aliphatic carbocycles. The number of nitrogens with zero attached hydrogens (tertiary/aromatic N) is 1. The zero-order valence-corrected chi connectivity index (χ0v) is 25.6. The van der Waals surface area contributed by atoms with Gasteiger partial charge in [0.05, 0.1) is 0 Å². The maximum Gasteiger partial charge on any atom is 0.0413 e. The van der Waals surface area contributed by atoms with Crippen molar-refractivity contribution < 1.29 is 0 Å². The third-order valence-corrected chi connectivity index (χ3v) is 5.56. The monoisotopic (exact) mass is 572 g/mol. The molecule has 0 saturated carbocycles. The first-order chi connectivity index (χ1) is 19.1. The zero-order chi connectivity index (χ0) is 28.6. The highest BCUT2D eigenvalue weighted by Crippen LogP contribution is 2.15. The molecule has 234 valence electrons. The molecule has 0 bridgehead atoms. The first kappa shape index (κ1) is 43.3. The van der Waals surface area contributed by atoms with E-state index in [1.165, 1.54) is 52.9 Å². The largest absolute Gasteiger partial charge is 0.258 e. The standard InChI is InChI=1S/C29H29N.3C3H8.3CH4/c1-4-10-24(11-5-1)16-17-27-22-28(20-18-25-12-6-2-7-13-25)30-29(23-27)21-19-26-14-8-3-9-15-26;3*1-3-2;;;/h1-15,22-23H,16-21H2;3*3H2,1-2H3;3*1H4. The van der Waals surface area contributed by atoms with Crippen LogP contribution in [0.1, 0.15) is 117 Å². The Bertz CT molecular complexity index is 918. The lowest BCUT2D eigenvalue weighted by Crippen LogP contribution is -2.03. The molecule has 0 saturated heterocycles. The summed E-state index contributed by atoms with van der Waals surface area (Å²) in [6.07, 6.45) is 9.93. The Labute approximate surface area is 262 Å². The van der Waals surface area contributed by atoms with Crippen molar-refractivity contribution in [2.45, 2.75) is 122 Å². The fourth-order valence-corrected chi connectivity index (χ4v) is 3.89. The lowest BCUT2D eigenvalue weighted by molar-refractivity contribution is 0.840. The van der Waals surface area contributed by atoms with Crippen molar-refractivity contribution in [3.05, 3.63) is 137 Å². The van der Waals surface area contributed by atoms with E-state index in [0.717, 1.165) is 38.5 Å². The molecule has 1 aromatic heterocycles. The second-order valence-corrected chi connectivity index (χ2v) is 10.0. The molecule has 0 unspecified atom stereocenters. The van der Waals surface area contributed by atoms with E-state index in [1.54, 1.807) is 0 Å². The van der Waals surface area contributed by atoms with Crippen LogP contribution in [0.2, 0.25) is 0 Å². The molecular weight excluding hydrogens is 506 g/mol. The molecule has 4 aromatic rings. The van der Waals surface area contributed by atoms with Gasteiger partial charge >= 0.3 is 0 Å². The average molecular weight is 572 g/mol. The van der Waals surface area contributed by atoms with Crippen LogP contribution >= 0.6 is 0 Å². The topological polar surface area (TPSA) is 12.9 Å². The van der Waals surface area contributed by atoms with Crippen LogP contribution in [-0.2, 0) is 38.5 Å². The Balaban J connectivity index is -0.00000113. The molecule has 0 amide bonds. The van der Waals surface area contributed by atoms with Crippen molar-refractivity contribution >= 4 is 0 Å². The van der Waals surface area contributed by atoms with Gasteiger partial charge in [0, 0.05) is 11.4 Å². The fourth-order valence-electron chi connectivity index (χ4n) is 3.89. The van der Waals surface area contributed by atoms with E-state index in [0.29, 0.717) is 0 Å². The number of rotatable bonds is 9. The minimum atomic E-state index is 0. The third kappa shape index (κ3) is 20.7. The quantitative estimate of drug-likeness (QED) is 0.195. The van der Waals surface area contributed by atoms with E-state index in [-0.39, 0.29) is 22.3 Å². The second kappa shape index (κ2) is 29.3. The van der Waals surface area contributed by atoms with E-state index >= 15 is 0 Å². The Kier molecular flexibility index (Phi) is 30.2. The highest BCUT2D eigenvalue weighted by molar-refractivity contribution is 5.26. The van der Waals surface area contributed by atoms with Gasteiger partial charge in [-0.3, -0.25) is 4.98 Å². The van der Waals surface area contributed by atoms with E-state index in [1.807, 2.05) is 0 Å². The molecule has 3 aromatic carbocycles. The molecule has 0 aliphatic heterocycles. The Morgan fingerprint density at radius 2 is 0.595 bits per heavy atom. The molecule has 1 heterocycles. The van der Waals surface area contributed by atoms with Crippen LogP contribution < -0.4 is 0 Å². The molecule has 0 N–H and O–H groups in total. The highest BCUT2D eigenvalue weighted by atomic mass is 14.7. The van der Waals surface area contributed by atoms with Crippen molar-refractivity contribution in [1.29, 1.82) is 0 Å². The van der Waals surface area contributed by atoms with Crippen LogP contribution in [0.5, 0.6) is 0 Å². The maximum atomic E-state index is 5.02. The first-order valence-corrected chi connectivity index (χ1v) is 15.2. The van der Waals surface area contributed by atoms with Gasteiger partial charge in [-0.25, -0.2) is 0 Å². The van der Waals surface area contributed by atoms with Gasteiger partial charge in [0.25, 0.3) is 0 Å². The summed E-state index contributed by atoms with van der Waals surface area (Å²) in [6.45, 7) is 12.8. The Morgan fingerprint density at radius 1 is 0.357 bits per heavy atom. The molecule has 0 radical (unpaired) electrons. The predicted octanol–water partition coefficient (Wildman–Crippen LogP) is 12.6. The summed E-state index contributed by atoms with van der Waals surface area (Å²) < 4.78 is 0. The summed E-state index contributed by atoms with van der Waals surface area (Å²) in [7, 11) is 0. The number of aryl methyl sites for hydroxylation is 6. The minimum absolute atomic E-state index is 0. The lowest BCUT2D eigenvalue weighted by Gasteiger charge is -2.10. The van der Waals surface area contributed by atoms with Crippen LogP contribution in [-0.4, -0.2) is 4.98 Å². The summed E-state index contributed by atoms with van der Waals surface area (Å²) >= 11 is 0. The van der Waals surface area contributed by atoms with Crippen molar-refractivity contribution in [2.24, 2.45) is 0 Å². The van der Waals surface area contributed by atoms with Gasteiger partial charge < -0.3 is 0 Å². The smallest absolute Gasteiger partial charge is 0.0413 e. The van der Waals surface area contributed by atoms with E-state index in [4.69, 9.17) is 4.98 Å². The van der Waals surface area contributed by atoms with Gasteiger partial charge in [-0.2, -0.15) is 0 Å².